The third-order valence-electron chi connectivity index (χ3n) is 4.84. The summed E-state index contributed by atoms with van der Waals surface area (Å²) in [4.78, 5) is 17.5. The average Bonchev–Trinajstić information content (AvgIpc) is 3.53. The maximum absolute atomic E-state index is 12.8. The normalized spacial score (nSPS) is 12.1. The van der Waals surface area contributed by atoms with Gasteiger partial charge in [-0.05, 0) is 56.3 Å². The van der Waals surface area contributed by atoms with Gasteiger partial charge in [-0.3, -0.25) is 4.79 Å². The zero-order chi connectivity index (χ0) is 22.1. The van der Waals surface area contributed by atoms with Crippen LogP contribution in [-0.2, 0) is 0 Å². The van der Waals surface area contributed by atoms with Crippen molar-refractivity contribution in [3.05, 3.63) is 65.2 Å². The van der Waals surface area contributed by atoms with E-state index in [1.807, 2.05) is 43.5 Å². The van der Waals surface area contributed by atoms with Crippen LogP contribution in [0.5, 0.6) is 17.2 Å². The van der Waals surface area contributed by atoms with Crippen molar-refractivity contribution in [2.45, 2.75) is 13.8 Å². The number of fused-ring (bicyclic) bond motifs is 1. The molecule has 0 spiro atoms. The van der Waals surface area contributed by atoms with E-state index in [9.17, 15) is 4.79 Å². The van der Waals surface area contributed by atoms with Crippen LogP contribution in [0.3, 0.4) is 0 Å². The van der Waals surface area contributed by atoms with E-state index in [0.29, 0.717) is 28.9 Å². The molecule has 0 saturated heterocycles. The van der Waals surface area contributed by atoms with E-state index in [1.165, 1.54) is 11.3 Å². The minimum atomic E-state index is -0.234. The molecule has 0 aliphatic carbocycles. The number of carbonyl (C=O) groups excluding carboxylic acids is 1. The molecule has 162 valence electrons. The van der Waals surface area contributed by atoms with Crippen molar-refractivity contribution in [2.24, 2.45) is 0 Å². The van der Waals surface area contributed by atoms with Crippen LogP contribution in [-0.4, -0.2) is 34.1 Å². The summed E-state index contributed by atoms with van der Waals surface area (Å²) >= 11 is 1.44. The van der Waals surface area contributed by atoms with Crippen LogP contribution >= 0.6 is 11.3 Å². The summed E-state index contributed by atoms with van der Waals surface area (Å²) in [5.41, 5.74) is 3.01. The number of thiazole rings is 1. The maximum atomic E-state index is 12.8. The Bertz CT molecular complexity index is 1280. The number of aromatic nitrogens is 3. The molecule has 0 radical (unpaired) electrons. The summed E-state index contributed by atoms with van der Waals surface area (Å²) in [6.07, 6.45) is 0. The van der Waals surface area contributed by atoms with Crippen molar-refractivity contribution < 1.29 is 19.0 Å². The van der Waals surface area contributed by atoms with Crippen LogP contribution in [0.4, 0.5) is 5.82 Å². The van der Waals surface area contributed by atoms with Crippen molar-refractivity contribution in [1.29, 1.82) is 0 Å². The van der Waals surface area contributed by atoms with Gasteiger partial charge in [0, 0.05) is 22.6 Å². The van der Waals surface area contributed by atoms with E-state index in [-0.39, 0.29) is 12.7 Å². The lowest BCUT2D eigenvalue weighted by molar-refractivity contribution is 0.102. The van der Waals surface area contributed by atoms with E-state index in [4.69, 9.17) is 19.2 Å². The molecule has 2 aromatic heterocycles. The fraction of sp³-hybridized carbons (Fsp3) is 0.174. The lowest BCUT2D eigenvalue weighted by atomic mass is 10.1. The molecule has 5 rings (SSSR count). The number of amides is 1. The first-order chi connectivity index (χ1) is 15.6. The first-order valence-electron chi connectivity index (χ1n) is 10.1. The Kier molecular flexibility index (Phi) is 5.24. The molecule has 0 fully saturated rings. The van der Waals surface area contributed by atoms with Gasteiger partial charge in [0.1, 0.15) is 11.6 Å². The highest BCUT2D eigenvalue weighted by molar-refractivity contribution is 7.12. The molecule has 3 heterocycles. The second-order valence-electron chi connectivity index (χ2n) is 7.08. The lowest BCUT2D eigenvalue weighted by Gasteiger charge is -2.08. The number of benzene rings is 2. The number of ether oxygens (including phenoxy) is 3. The Morgan fingerprint density at radius 2 is 1.97 bits per heavy atom. The largest absolute Gasteiger partial charge is 0.494 e. The monoisotopic (exact) mass is 448 g/mol. The van der Waals surface area contributed by atoms with Crippen LogP contribution in [0.1, 0.15) is 23.0 Å². The van der Waals surface area contributed by atoms with Gasteiger partial charge < -0.3 is 19.5 Å². The smallest absolute Gasteiger partial charge is 0.256 e. The molecule has 0 bridgehead atoms. The molecule has 1 aliphatic rings. The summed E-state index contributed by atoms with van der Waals surface area (Å²) < 4.78 is 17.9. The molecule has 2 aromatic carbocycles. The van der Waals surface area contributed by atoms with Gasteiger partial charge in [-0.1, -0.05) is 0 Å². The maximum Gasteiger partial charge on any atom is 0.256 e. The quantitative estimate of drug-likeness (QED) is 0.461. The molecule has 4 aromatic rings. The van der Waals surface area contributed by atoms with Crippen molar-refractivity contribution in [1.82, 2.24) is 14.8 Å². The molecule has 0 saturated carbocycles. The zero-order valence-corrected chi connectivity index (χ0v) is 18.3. The van der Waals surface area contributed by atoms with Gasteiger partial charge >= 0.3 is 0 Å². The van der Waals surface area contributed by atoms with Crippen LogP contribution in [0, 0.1) is 6.92 Å². The molecular formula is C23H20N4O4S. The summed E-state index contributed by atoms with van der Waals surface area (Å²) in [6, 6.07) is 14.5. The molecule has 1 N–H and O–H groups in total. The van der Waals surface area contributed by atoms with Gasteiger partial charge in [-0.25, -0.2) is 4.98 Å². The number of hydrogen-bond donors (Lipinski definition) is 1. The van der Waals surface area contributed by atoms with Crippen LogP contribution < -0.4 is 19.5 Å². The number of nitrogens with one attached hydrogen (secondary N) is 1. The number of anilines is 1. The number of aryl methyl sites for hydroxylation is 1. The first kappa shape index (κ1) is 20.1. The highest BCUT2D eigenvalue weighted by Gasteiger charge is 2.18. The summed E-state index contributed by atoms with van der Waals surface area (Å²) in [7, 11) is 0. The van der Waals surface area contributed by atoms with E-state index >= 15 is 0 Å². The summed E-state index contributed by atoms with van der Waals surface area (Å²) in [6.45, 7) is 4.59. The second kappa shape index (κ2) is 8.35. The fourth-order valence-corrected chi connectivity index (χ4v) is 4.14. The fourth-order valence-electron chi connectivity index (χ4n) is 3.34. The van der Waals surface area contributed by atoms with Crippen molar-refractivity contribution >= 4 is 23.1 Å². The van der Waals surface area contributed by atoms with Crippen molar-refractivity contribution in [3.8, 4) is 33.6 Å². The molecular weight excluding hydrogens is 428 g/mol. The standard InChI is InChI=1S/C23H20N4O4S/c1-3-29-17-7-4-15(5-8-17)22(28)25-21-10-14(2)26-27(21)23-24-18(12-32-23)16-6-9-19-20(11-16)31-13-30-19/h4-12H,3,13H2,1-2H3,(H,25,28). The highest BCUT2D eigenvalue weighted by Crippen LogP contribution is 2.36. The van der Waals surface area contributed by atoms with Crippen molar-refractivity contribution in [2.75, 3.05) is 18.7 Å². The third kappa shape index (κ3) is 3.90. The van der Waals surface area contributed by atoms with E-state index in [0.717, 1.165) is 28.5 Å². The Balaban J connectivity index is 1.38. The minimum Gasteiger partial charge on any atom is -0.494 e. The molecule has 8 nitrogen and oxygen atoms in total. The number of carbonyl (C=O) groups is 1. The number of hydrogen-bond acceptors (Lipinski definition) is 7. The summed E-state index contributed by atoms with van der Waals surface area (Å²) in [5, 5.41) is 10.0. The van der Waals surface area contributed by atoms with Gasteiger partial charge in [0.05, 0.1) is 18.0 Å². The molecule has 0 unspecified atom stereocenters. The predicted octanol–water partition coefficient (Wildman–Crippen LogP) is 4.68. The lowest BCUT2D eigenvalue weighted by Crippen LogP contribution is -2.15. The second-order valence-corrected chi connectivity index (χ2v) is 7.91. The predicted molar refractivity (Wildman–Crippen MR) is 121 cm³/mol. The van der Waals surface area contributed by atoms with Crippen LogP contribution in [0.15, 0.2) is 53.9 Å². The van der Waals surface area contributed by atoms with Crippen molar-refractivity contribution in [3.63, 3.8) is 0 Å². The molecule has 1 amide bonds. The topological polar surface area (TPSA) is 87.5 Å². The molecule has 32 heavy (non-hydrogen) atoms. The number of rotatable bonds is 6. The Hall–Kier alpha value is -3.85. The van der Waals surface area contributed by atoms with E-state index in [2.05, 4.69) is 10.4 Å². The van der Waals surface area contributed by atoms with Crippen LogP contribution in [0.25, 0.3) is 16.4 Å². The Labute approximate surface area is 188 Å². The zero-order valence-electron chi connectivity index (χ0n) is 17.5. The minimum absolute atomic E-state index is 0.227. The first-order valence-corrected chi connectivity index (χ1v) is 11.0. The average molecular weight is 449 g/mol. The van der Waals surface area contributed by atoms with Gasteiger partial charge in [-0.15, -0.1) is 11.3 Å². The Morgan fingerprint density at radius 1 is 1.16 bits per heavy atom. The molecule has 9 heteroatoms. The molecule has 1 aliphatic heterocycles. The van der Waals surface area contributed by atoms with Gasteiger partial charge in [0.2, 0.25) is 11.9 Å². The van der Waals surface area contributed by atoms with Crippen LogP contribution in [0.2, 0.25) is 0 Å². The third-order valence-corrected chi connectivity index (χ3v) is 5.66. The SMILES string of the molecule is CCOc1ccc(C(=O)Nc2cc(C)nn2-c2nc(-c3ccc4c(c3)OCO4)cs2)cc1. The summed E-state index contributed by atoms with van der Waals surface area (Å²) in [5.74, 6) is 2.47. The Morgan fingerprint density at radius 3 is 2.78 bits per heavy atom. The molecule has 0 atom stereocenters. The van der Waals surface area contributed by atoms with Gasteiger partial charge in [0.25, 0.3) is 5.91 Å². The van der Waals surface area contributed by atoms with Gasteiger partial charge in [0.15, 0.2) is 11.5 Å². The number of nitrogens with zero attached hydrogens (tertiary/aromatic N) is 3. The van der Waals surface area contributed by atoms with E-state index in [1.54, 1.807) is 28.9 Å². The van der Waals surface area contributed by atoms with Gasteiger partial charge in [-0.2, -0.15) is 9.78 Å². The highest BCUT2D eigenvalue weighted by atomic mass is 32.1. The van der Waals surface area contributed by atoms with E-state index < -0.39 is 0 Å².